The monoisotopic (exact) mass is 301 g/mol. The zero-order chi connectivity index (χ0) is 15.2. The van der Waals surface area contributed by atoms with Crippen LogP contribution in [0.4, 0.5) is 0 Å². The van der Waals surface area contributed by atoms with Gasteiger partial charge in [-0.15, -0.1) is 0 Å². The minimum atomic E-state index is 0.0912. The summed E-state index contributed by atoms with van der Waals surface area (Å²) in [5.74, 6) is 0. The molecule has 3 nitrogen and oxygen atoms in total. The number of fused-ring (bicyclic) bond motifs is 1. The molecule has 0 amide bonds. The molecule has 0 atom stereocenters. The van der Waals surface area contributed by atoms with Crippen molar-refractivity contribution >= 4 is 33.8 Å². The maximum Gasteiger partial charge on any atom is 0.131 e. The molecule has 110 valence electrons. The highest BCUT2D eigenvalue weighted by Crippen LogP contribution is 2.33. The Balaban J connectivity index is 2.08. The van der Waals surface area contributed by atoms with Crippen LogP contribution in [0, 0.1) is 5.41 Å². The van der Waals surface area contributed by atoms with Gasteiger partial charge in [0.05, 0.1) is 17.8 Å². The maximum atomic E-state index is 6.22. The zero-order valence-electron chi connectivity index (χ0n) is 12.9. The predicted octanol–water partition coefficient (Wildman–Crippen LogP) is 4.50. The standard InChI is InChI=1S/C17H20ClN3/c1-17(2,3)14-9-11(5-7-19-14)16-12-6-8-21(4)13(12)10-15(18)20-16/h5-6,8,10H,7,9H2,1-4H3. The van der Waals surface area contributed by atoms with E-state index < -0.39 is 0 Å². The van der Waals surface area contributed by atoms with E-state index >= 15 is 0 Å². The molecule has 4 heteroatoms. The third-order valence-electron chi connectivity index (χ3n) is 4.00. The van der Waals surface area contributed by atoms with Crippen LogP contribution in [-0.2, 0) is 7.05 Å². The average molecular weight is 302 g/mol. The van der Waals surface area contributed by atoms with Gasteiger partial charge in [-0.05, 0) is 17.7 Å². The Morgan fingerprint density at radius 3 is 2.76 bits per heavy atom. The molecule has 0 bridgehead atoms. The van der Waals surface area contributed by atoms with Crippen molar-refractivity contribution in [3.05, 3.63) is 35.3 Å². The number of pyridine rings is 1. The lowest BCUT2D eigenvalue weighted by atomic mass is 9.84. The van der Waals surface area contributed by atoms with E-state index in [-0.39, 0.29) is 5.41 Å². The Morgan fingerprint density at radius 2 is 2.05 bits per heavy atom. The summed E-state index contributed by atoms with van der Waals surface area (Å²) in [5, 5.41) is 1.70. The fraction of sp³-hybridized carbons (Fsp3) is 0.412. The number of aryl methyl sites for hydroxylation is 1. The van der Waals surface area contributed by atoms with Crippen molar-refractivity contribution in [1.82, 2.24) is 9.55 Å². The molecule has 0 fully saturated rings. The van der Waals surface area contributed by atoms with Gasteiger partial charge in [0, 0.05) is 36.2 Å². The fourth-order valence-corrected chi connectivity index (χ4v) is 2.92. The molecule has 0 N–H and O–H groups in total. The van der Waals surface area contributed by atoms with Crippen LogP contribution in [0.2, 0.25) is 5.15 Å². The molecule has 0 saturated heterocycles. The van der Waals surface area contributed by atoms with E-state index in [9.17, 15) is 0 Å². The highest BCUT2D eigenvalue weighted by Gasteiger charge is 2.24. The quantitative estimate of drug-likeness (QED) is 0.713. The van der Waals surface area contributed by atoms with Gasteiger partial charge in [0.15, 0.2) is 0 Å². The Hall–Kier alpha value is -1.61. The summed E-state index contributed by atoms with van der Waals surface area (Å²) in [5.41, 5.74) is 4.66. The van der Waals surface area contributed by atoms with Gasteiger partial charge in [-0.2, -0.15) is 0 Å². The third-order valence-corrected chi connectivity index (χ3v) is 4.19. The number of allylic oxidation sites excluding steroid dienone is 1. The van der Waals surface area contributed by atoms with E-state index in [2.05, 4.69) is 47.5 Å². The number of halogens is 1. The molecule has 2 aromatic heterocycles. The smallest absolute Gasteiger partial charge is 0.131 e. The van der Waals surface area contributed by atoms with Gasteiger partial charge >= 0.3 is 0 Å². The third kappa shape index (κ3) is 2.62. The van der Waals surface area contributed by atoms with Gasteiger partial charge in [-0.1, -0.05) is 38.4 Å². The van der Waals surface area contributed by atoms with E-state index in [4.69, 9.17) is 11.6 Å². The lowest BCUT2D eigenvalue weighted by Crippen LogP contribution is -2.23. The minimum absolute atomic E-state index is 0.0912. The highest BCUT2D eigenvalue weighted by atomic mass is 35.5. The maximum absolute atomic E-state index is 6.22. The van der Waals surface area contributed by atoms with Crippen LogP contribution < -0.4 is 0 Å². The van der Waals surface area contributed by atoms with Crippen LogP contribution >= 0.6 is 11.6 Å². The van der Waals surface area contributed by atoms with Crippen molar-refractivity contribution in [2.45, 2.75) is 27.2 Å². The van der Waals surface area contributed by atoms with Gasteiger partial charge in [-0.3, -0.25) is 4.99 Å². The van der Waals surface area contributed by atoms with Crippen LogP contribution in [0.25, 0.3) is 16.5 Å². The topological polar surface area (TPSA) is 30.2 Å². The van der Waals surface area contributed by atoms with E-state index in [1.54, 1.807) is 0 Å². The number of nitrogens with zero attached hydrogens (tertiary/aromatic N) is 3. The average Bonchev–Trinajstić information content (AvgIpc) is 2.79. The van der Waals surface area contributed by atoms with Crippen molar-refractivity contribution < 1.29 is 0 Å². The lowest BCUT2D eigenvalue weighted by Gasteiger charge is -2.25. The number of aliphatic imine (C=N–C) groups is 1. The number of aromatic nitrogens is 2. The molecule has 0 radical (unpaired) electrons. The molecule has 0 spiro atoms. The number of rotatable bonds is 1. The van der Waals surface area contributed by atoms with Crippen LogP contribution in [0.15, 0.2) is 29.4 Å². The van der Waals surface area contributed by atoms with Crippen LogP contribution in [0.3, 0.4) is 0 Å². The van der Waals surface area contributed by atoms with Gasteiger partial charge in [0.1, 0.15) is 5.15 Å². The summed E-state index contributed by atoms with van der Waals surface area (Å²) in [6.45, 7) is 7.35. The Labute approximate surface area is 130 Å². The van der Waals surface area contributed by atoms with Gasteiger partial charge in [-0.25, -0.2) is 4.98 Å². The molecule has 3 heterocycles. The first-order valence-corrected chi connectivity index (χ1v) is 7.59. The molecule has 1 aliphatic rings. The highest BCUT2D eigenvalue weighted by molar-refractivity contribution is 6.30. The summed E-state index contributed by atoms with van der Waals surface area (Å²) in [6.07, 6.45) is 5.06. The van der Waals surface area contributed by atoms with Crippen molar-refractivity contribution in [2.24, 2.45) is 17.5 Å². The first-order valence-electron chi connectivity index (χ1n) is 7.21. The minimum Gasteiger partial charge on any atom is -0.350 e. The normalized spacial score (nSPS) is 16.0. The first-order chi connectivity index (χ1) is 9.86. The van der Waals surface area contributed by atoms with E-state index in [0.717, 1.165) is 29.6 Å². The fourth-order valence-electron chi connectivity index (χ4n) is 2.74. The Kier molecular flexibility index (Phi) is 3.40. The van der Waals surface area contributed by atoms with Crippen LogP contribution in [0.1, 0.15) is 32.9 Å². The number of hydrogen-bond acceptors (Lipinski definition) is 2. The molecule has 0 saturated carbocycles. The molecular formula is C17H20ClN3. The summed E-state index contributed by atoms with van der Waals surface area (Å²) in [4.78, 5) is 9.24. The summed E-state index contributed by atoms with van der Waals surface area (Å²) < 4.78 is 2.08. The predicted molar refractivity (Wildman–Crippen MR) is 90.1 cm³/mol. The molecule has 21 heavy (non-hydrogen) atoms. The van der Waals surface area contributed by atoms with Crippen LogP contribution in [0.5, 0.6) is 0 Å². The van der Waals surface area contributed by atoms with E-state index in [1.807, 2.05) is 19.3 Å². The summed E-state index contributed by atoms with van der Waals surface area (Å²) in [6, 6.07) is 4.03. The largest absolute Gasteiger partial charge is 0.350 e. The van der Waals surface area contributed by atoms with Crippen LogP contribution in [-0.4, -0.2) is 21.8 Å². The van der Waals surface area contributed by atoms with E-state index in [1.165, 1.54) is 11.3 Å². The molecule has 1 aliphatic heterocycles. The molecule has 0 unspecified atom stereocenters. The van der Waals surface area contributed by atoms with Crippen molar-refractivity contribution in [3.63, 3.8) is 0 Å². The molecule has 0 aromatic carbocycles. The van der Waals surface area contributed by atoms with Gasteiger partial charge in [0.25, 0.3) is 0 Å². The molecule has 0 aliphatic carbocycles. The molecular weight excluding hydrogens is 282 g/mol. The first kappa shape index (κ1) is 14.3. The number of hydrogen-bond donors (Lipinski definition) is 0. The molecule has 2 aromatic rings. The van der Waals surface area contributed by atoms with Crippen molar-refractivity contribution in [2.75, 3.05) is 6.54 Å². The second-order valence-electron chi connectivity index (χ2n) is 6.60. The number of dihydropyridines is 1. The molecule has 3 rings (SSSR count). The second-order valence-corrected chi connectivity index (χ2v) is 6.98. The summed E-state index contributed by atoms with van der Waals surface area (Å²) in [7, 11) is 2.03. The zero-order valence-corrected chi connectivity index (χ0v) is 13.7. The second kappa shape index (κ2) is 4.99. The van der Waals surface area contributed by atoms with Crippen molar-refractivity contribution in [3.8, 4) is 0 Å². The van der Waals surface area contributed by atoms with Gasteiger partial charge in [0.2, 0.25) is 0 Å². The van der Waals surface area contributed by atoms with Crippen molar-refractivity contribution in [1.29, 1.82) is 0 Å². The van der Waals surface area contributed by atoms with Gasteiger partial charge < -0.3 is 4.57 Å². The van der Waals surface area contributed by atoms with E-state index in [0.29, 0.717) is 5.15 Å². The Bertz CT molecular complexity index is 760. The summed E-state index contributed by atoms with van der Waals surface area (Å²) >= 11 is 6.22. The Morgan fingerprint density at radius 1 is 1.29 bits per heavy atom. The SMILES string of the molecule is Cn1ccc2c(C3=CCN=C(C(C)(C)C)C3)nc(Cl)cc21. The lowest BCUT2D eigenvalue weighted by molar-refractivity contribution is 0.580.